The highest BCUT2D eigenvalue weighted by Gasteiger charge is 2.55. The molecule has 1 amide bonds. The van der Waals surface area contributed by atoms with Crippen LogP contribution in [0.15, 0.2) is 15.6 Å². The third-order valence-electron chi connectivity index (χ3n) is 5.55. The number of rotatable bonds is 3. The quantitative estimate of drug-likeness (QED) is 0.273. The molecule has 1 aromatic heterocycles. The van der Waals surface area contributed by atoms with E-state index in [4.69, 9.17) is 10.5 Å². The lowest BCUT2D eigenvalue weighted by molar-refractivity contribution is 0.0239. The number of hydrogen-bond donors (Lipinski definition) is 2. The minimum atomic E-state index is -0.534. The highest BCUT2D eigenvalue weighted by atomic mass is 127. The number of anilines is 2. The Bertz CT molecular complexity index is 1050. The number of nitrogens with two attached hydrogens (primary N) is 1. The molecule has 6 nitrogen and oxygen atoms in total. The molecule has 0 radical (unpaired) electrons. The predicted molar refractivity (Wildman–Crippen MR) is 131 cm³/mol. The van der Waals surface area contributed by atoms with Crippen molar-refractivity contribution in [2.24, 2.45) is 5.92 Å². The number of nitrogen functional groups attached to an aromatic ring is 1. The van der Waals surface area contributed by atoms with Crippen molar-refractivity contribution in [3.8, 4) is 0 Å². The van der Waals surface area contributed by atoms with E-state index in [1.54, 1.807) is 4.90 Å². The fraction of sp³-hybridized carbons (Fsp3) is 0.500. The molecule has 1 saturated carbocycles. The van der Waals surface area contributed by atoms with Crippen LogP contribution < -0.4 is 11.1 Å². The average Bonchev–Trinajstić information content (AvgIpc) is 3.24. The van der Waals surface area contributed by atoms with Crippen molar-refractivity contribution in [3.63, 3.8) is 0 Å². The zero-order valence-corrected chi connectivity index (χ0v) is 21.6. The van der Waals surface area contributed by atoms with Gasteiger partial charge in [-0.2, -0.15) is 0 Å². The molecule has 1 aromatic carbocycles. The maximum atomic E-state index is 15.0. The van der Waals surface area contributed by atoms with E-state index in [9.17, 15) is 9.18 Å². The van der Waals surface area contributed by atoms with Crippen molar-refractivity contribution in [1.82, 2.24) is 9.88 Å². The molecule has 162 valence electrons. The van der Waals surface area contributed by atoms with Crippen LogP contribution in [0, 0.1) is 15.3 Å². The standard InChI is InChI=1S/C20H23BrFIN4O2S/c1-20(2,3)29-19(28)27-7-8-5-11(27)15(8)25-17-9-6-10(23)12(21)13(22)16(9)26-18(30-4)14(17)24/h6,8,11,15H,5,7,24H2,1-4H3,(H,25,26). The Balaban J connectivity index is 1.68. The Morgan fingerprint density at radius 2 is 2.20 bits per heavy atom. The number of benzene rings is 1. The first-order valence-corrected chi connectivity index (χ1v) is 12.7. The monoisotopic (exact) mass is 608 g/mol. The molecule has 5 rings (SSSR count). The predicted octanol–water partition coefficient (Wildman–Crippen LogP) is 5.46. The summed E-state index contributed by atoms with van der Waals surface area (Å²) in [7, 11) is 0. The first-order chi connectivity index (χ1) is 14.0. The lowest BCUT2D eigenvalue weighted by atomic mass is 9.79. The fourth-order valence-corrected chi connectivity index (χ4v) is 5.50. The molecule has 3 unspecified atom stereocenters. The maximum Gasteiger partial charge on any atom is 0.410 e. The summed E-state index contributed by atoms with van der Waals surface area (Å²) >= 11 is 6.77. The summed E-state index contributed by atoms with van der Waals surface area (Å²) in [5.41, 5.74) is 7.35. The second-order valence-corrected chi connectivity index (χ2v) is 11.4. The van der Waals surface area contributed by atoms with Gasteiger partial charge in [0, 0.05) is 21.4 Å². The van der Waals surface area contributed by atoms with Gasteiger partial charge < -0.3 is 20.7 Å². The second-order valence-electron chi connectivity index (χ2n) is 8.66. The Morgan fingerprint density at radius 3 is 2.83 bits per heavy atom. The van der Waals surface area contributed by atoms with E-state index >= 15 is 0 Å². The van der Waals surface area contributed by atoms with Crippen LogP contribution in [0.3, 0.4) is 0 Å². The highest BCUT2D eigenvalue weighted by Crippen LogP contribution is 2.46. The van der Waals surface area contributed by atoms with Crippen molar-refractivity contribution >= 4 is 78.7 Å². The van der Waals surface area contributed by atoms with Gasteiger partial charge in [0.1, 0.15) is 16.1 Å². The van der Waals surface area contributed by atoms with Crippen molar-refractivity contribution in [1.29, 1.82) is 0 Å². The van der Waals surface area contributed by atoms with Gasteiger partial charge in [0.15, 0.2) is 5.82 Å². The second kappa shape index (κ2) is 7.84. The van der Waals surface area contributed by atoms with Gasteiger partial charge >= 0.3 is 6.09 Å². The van der Waals surface area contributed by atoms with Crippen molar-refractivity contribution in [2.45, 2.75) is 49.9 Å². The molecule has 2 aromatic rings. The summed E-state index contributed by atoms with van der Waals surface area (Å²) < 4.78 is 21.6. The molecule has 3 aliphatic rings. The van der Waals surface area contributed by atoms with Gasteiger partial charge in [-0.25, -0.2) is 14.2 Å². The summed E-state index contributed by atoms with van der Waals surface area (Å²) in [6.45, 7) is 6.24. The number of carbonyl (C=O) groups excluding carboxylic acids is 1. The van der Waals surface area contributed by atoms with E-state index < -0.39 is 11.4 Å². The zero-order chi connectivity index (χ0) is 22.0. The van der Waals surface area contributed by atoms with Crippen LogP contribution in [0.25, 0.3) is 10.9 Å². The lowest BCUT2D eigenvalue weighted by Gasteiger charge is -2.38. The number of amides is 1. The van der Waals surface area contributed by atoms with E-state index in [0.29, 0.717) is 38.7 Å². The van der Waals surface area contributed by atoms with Crippen LogP contribution in [0.5, 0.6) is 0 Å². The van der Waals surface area contributed by atoms with Gasteiger partial charge in [-0.3, -0.25) is 0 Å². The molecule has 2 bridgehead atoms. The van der Waals surface area contributed by atoms with Crippen molar-refractivity contribution in [3.05, 3.63) is 19.9 Å². The summed E-state index contributed by atoms with van der Waals surface area (Å²) in [6, 6.07) is 1.96. The molecule has 1 aliphatic carbocycles. The molecule has 30 heavy (non-hydrogen) atoms. The number of thioether (sulfide) groups is 1. The summed E-state index contributed by atoms with van der Waals surface area (Å²) in [5.74, 6) is -0.0931. The first-order valence-electron chi connectivity index (χ1n) is 9.58. The Morgan fingerprint density at radius 1 is 1.50 bits per heavy atom. The number of fused-ring (bicyclic) bond motifs is 2. The highest BCUT2D eigenvalue weighted by molar-refractivity contribution is 14.1. The van der Waals surface area contributed by atoms with Gasteiger partial charge in [-0.15, -0.1) is 11.8 Å². The zero-order valence-electron chi connectivity index (χ0n) is 17.1. The molecular formula is C20H23BrFIN4O2S. The van der Waals surface area contributed by atoms with Crippen LogP contribution in [0.4, 0.5) is 20.6 Å². The first kappa shape index (κ1) is 22.2. The number of nitrogens with one attached hydrogen (secondary N) is 1. The van der Waals surface area contributed by atoms with Gasteiger partial charge in [-0.05, 0) is 78.0 Å². The Hall–Kier alpha value is -1.01. The van der Waals surface area contributed by atoms with Gasteiger partial charge in [0.25, 0.3) is 0 Å². The van der Waals surface area contributed by atoms with E-state index in [2.05, 4.69) is 48.8 Å². The smallest absolute Gasteiger partial charge is 0.410 e. The lowest BCUT2D eigenvalue weighted by Crippen LogP contribution is -2.50. The summed E-state index contributed by atoms with van der Waals surface area (Å²) in [4.78, 5) is 18.8. The van der Waals surface area contributed by atoms with Crippen LogP contribution in [0.1, 0.15) is 27.2 Å². The number of hydrogen-bond acceptors (Lipinski definition) is 6. The SMILES string of the molecule is CSc1nc2c(F)c(Br)c(I)cc2c(NC2C3CC2N(C(=O)OC(C)(C)C)C3)c1N. The largest absolute Gasteiger partial charge is 0.444 e. The third kappa shape index (κ3) is 3.72. The topological polar surface area (TPSA) is 80.5 Å². The molecule has 3 heterocycles. The fourth-order valence-electron chi connectivity index (χ4n) is 4.14. The maximum absolute atomic E-state index is 15.0. The van der Waals surface area contributed by atoms with Crippen LogP contribution in [-0.4, -0.2) is 46.5 Å². The van der Waals surface area contributed by atoms with Crippen molar-refractivity contribution < 1.29 is 13.9 Å². The molecule has 0 spiro atoms. The molecule has 2 saturated heterocycles. The number of halogens is 3. The molecule has 10 heteroatoms. The Labute approximate surface area is 201 Å². The van der Waals surface area contributed by atoms with E-state index in [0.717, 1.165) is 9.99 Å². The summed E-state index contributed by atoms with van der Waals surface area (Å²) in [5, 5.41) is 4.76. The number of aromatic nitrogens is 1. The van der Waals surface area contributed by atoms with Crippen LogP contribution in [-0.2, 0) is 4.74 Å². The molecule has 3 fully saturated rings. The van der Waals surface area contributed by atoms with Crippen molar-refractivity contribution in [2.75, 3.05) is 23.9 Å². The van der Waals surface area contributed by atoms with Crippen LogP contribution in [0.2, 0.25) is 0 Å². The molecule has 2 aliphatic heterocycles. The van der Waals surface area contributed by atoms with Gasteiger partial charge in [0.05, 0.1) is 27.9 Å². The Kier molecular flexibility index (Phi) is 5.80. The van der Waals surface area contributed by atoms with Gasteiger partial charge in [-0.1, -0.05) is 0 Å². The van der Waals surface area contributed by atoms with Gasteiger partial charge in [0.2, 0.25) is 0 Å². The average molecular weight is 609 g/mol. The number of nitrogens with zero attached hydrogens (tertiary/aromatic N) is 2. The number of ether oxygens (including phenoxy) is 1. The van der Waals surface area contributed by atoms with E-state index in [-0.39, 0.29) is 23.7 Å². The molecule has 3 N–H and O–H groups in total. The minimum absolute atomic E-state index is 0.0320. The van der Waals surface area contributed by atoms with E-state index in [1.165, 1.54) is 11.8 Å². The number of pyridine rings is 1. The molecular weight excluding hydrogens is 586 g/mol. The minimum Gasteiger partial charge on any atom is -0.444 e. The summed E-state index contributed by atoms with van der Waals surface area (Å²) in [6.07, 6.45) is 2.50. The normalized spacial score (nSPS) is 22.9. The molecule has 3 atom stereocenters. The number of carbonyl (C=O) groups is 1. The third-order valence-corrected chi connectivity index (χ3v) is 8.61. The van der Waals surface area contributed by atoms with E-state index in [1.807, 2.05) is 33.1 Å². The van der Waals surface area contributed by atoms with Crippen LogP contribution >= 0.6 is 50.3 Å².